The van der Waals surface area contributed by atoms with Crippen LogP contribution in [0.4, 0.5) is 0 Å². The van der Waals surface area contributed by atoms with E-state index in [-0.39, 0.29) is 17.9 Å². The molecule has 3 rings (SSSR count). The molecule has 0 aliphatic carbocycles. The molecule has 2 aromatic carbocycles. The molecule has 116 valence electrons. The minimum absolute atomic E-state index is 0.109. The van der Waals surface area contributed by atoms with Gasteiger partial charge in [0.25, 0.3) is 0 Å². The first-order valence-electron chi connectivity index (χ1n) is 7.09. The van der Waals surface area contributed by atoms with E-state index in [1.807, 2.05) is 12.1 Å². The van der Waals surface area contributed by atoms with Gasteiger partial charge in [-0.2, -0.15) is 0 Å². The standard InChI is InChI=1S/C18H15NO4/c1-22-14-8-5-12(6-9-14)15(20)11-23-16-4-2-3-13-7-10-17(21)19-18(13)16/h2-10H,11H2,1H3,(H,19,21). The van der Waals surface area contributed by atoms with E-state index in [1.54, 1.807) is 43.5 Å². The molecule has 0 aliphatic rings. The lowest BCUT2D eigenvalue weighted by atomic mass is 10.1. The first kappa shape index (κ1) is 14.8. The lowest BCUT2D eigenvalue weighted by Crippen LogP contribution is -2.12. The number of hydrogen-bond donors (Lipinski definition) is 1. The summed E-state index contributed by atoms with van der Waals surface area (Å²) in [6.07, 6.45) is 0. The van der Waals surface area contributed by atoms with Gasteiger partial charge in [0.1, 0.15) is 11.5 Å². The molecule has 0 amide bonds. The highest BCUT2D eigenvalue weighted by molar-refractivity contribution is 5.97. The Labute approximate surface area is 132 Å². The molecule has 0 saturated heterocycles. The number of benzene rings is 2. The normalized spacial score (nSPS) is 10.5. The number of fused-ring (bicyclic) bond motifs is 1. The van der Waals surface area contributed by atoms with E-state index in [2.05, 4.69) is 4.98 Å². The molecule has 0 atom stereocenters. The minimum Gasteiger partial charge on any atom is -0.497 e. The van der Waals surface area contributed by atoms with Gasteiger partial charge in [0.2, 0.25) is 5.56 Å². The maximum Gasteiger partial charge on any atom is 0.248 e. The topological polar surface area (TPSA) is 68.4 Å². The second-order valence-corrected chi connectivity index (χ2v) is 4.98. The number of aromatic nitrogens is 1. The highest BCUT2D eigenvalue weighted by Crippen LogP contribution is 2.22. The summed E-state index contributed by atoms with van der Waals surface area (Å²) in [7, 11) is 1.57. The largest absolute Gasteiger partial charge is 0.497 e. The van der Waals surface area contributed by atoms with Gasteiger partial charge in [0.15, 0.2) is 12.4 Å². The number of pyridine rings is 1. The predicted octanol–water partition coefficient (Wildman–Crippen LogP) is 2.80. The number of H-pyrrole nitrogens is 1. The van der Waals surface area contributed by atoms with Gasteiger partial charge >= 0.3 is 0 Å². The SMILES string of the molecule is COc1ccc(C(=O)COc2cccc3ccc(=O)[nH]c23)cc1. The Morgan fingerprint density at radius 1 is 1.04 bits per heavy atom. The van der Waals surface area contributed by atoms with Crippen molar-refractivity contribution in [3.63, 3.8) is 0 Å². The molecule has 5 nitrogen and oxygen atoms in total. The van der Waals surface area contributed by atoms with Crippen molar-refractivity contribution in [3.05, 3.63) is 70.5 Å². The van der Waals surface area contributed by atoms with Crippen LogP contribution in [0.2, 0.25) is 0 Å². The number of Topliss-reactive ketones (excluding diaryl/α,β-unsaturated/α-hetero) is 1. The van der Waals surface area contributed by atoms with Crippen molar-refractivity contribution < 1.29 is 14.3 Å². The highest BCUT2D eigenvalue weighted by atomic mass is 16.5. The third-order valence-corrected chi connectivity index (χ3v) is 3.49. The van der Waals surface area contributed by atoms with Gasteiger partial charge in [-0.3, -0.25) is 9.59 Å². The van der Waals surface area contributed by atoms with E-state index in [0.717, 1.165) is 5.39 Å². The summed E-state index contributed by atoms with van der Waals surface area (Å²) in [6.45, 7) is -0.109. The molecule has 0 radical (unpaired) electrons. The van der Waals surface area contributed by atoms with Gasteiger partial charge in [-0.25, -0.2) is 0 Å². The summed E-state index contributed by atoms with van der Waals surface area (Å²) in [4.78, 5) is 26.4. The van der Waals surface area contributed by atoms with Crippen LogP contribution in [0.5, 0.6) is 11.5 Å². The summed E-state index contributed by atoms with van der Waals surface area (Å²) in [6, 6.07) is 15.4. The number of para-hydroxylation sites is 1. The molecule has 0 fully saturated rings. The highest BCUT2D eigenvalue weighted by Gasteiger charge is 2.09. The Morgan fingerprint density at radius 2 is 1.83 bits per heavy atom. The third-order valence-electron chi connectivity index (χ3n) is 3.49. The van der Waals surface area contributed by atoms with Crippen LogP contribution in [0, 0.1) is 0 Å². The van der Waals surface area contributed by atoms with Gasteiger partial charge < -0.3 is 14.5 Å². The molecule has 23 heavy (non-hydrogen) atoms. The summed E-state index contributed by atoms with van der Waals surface area (Å²) >= 11 is 0. The summed E-state index contributed by atoms with van der Waals surface area (Å²) in [5, 5.41) is 0.846. The van der Waals surface area contributed by atoms with E-state index in [0.29, 0.717) is 22.6 Å². The van der Waals surface area contributed by atoms with Gasteiger partial charge in [-0.1, -0.05) is 12.1 Å². The first-order valence-corrected chi connectivity index (χ1v) is 7.09. The molecule has 1 N–H and O–H groups in total. The average Bonchev–Trinajstić information content (AvgIpc) is 2.59. The van der Waals surface area contributed by atoms with Crippen LogP contribution in [0.15, 0.2) is 59.4 Å². The minimum atomic E-state index is -0.213. The molecule has 0 spiro atoms. The van der Waals surface area contributed by atoms with Crippen molar-refractivity contribution in [2.75, 3.05) is 13.7 Å². The maximum absolute atomic E-state index is 12.2. The third kappa shape index (κ3) is 3.23. The molecular weight excluding hydrogens is 294 g/mol. The summed E-state index contributed by atoms with van der Waals surface area (Å²) in [5.74, 6) is 1.01. The fraction of sp³-hybridized carbons (Fsp3) is 0.111. The van der Waals surface area contributed by atoms with E-state index in [9.17, 15) is 9.59 Å². The quantitative estimate of drug-likeness (QED) is 0.736. The van der Waals surface area contributed by atoms with Gasteiger partial charge in [0.05, 0.1) is 12.6 Å². The maximum atomic E-state index is 12.2. The number of hydrogen-bond acceptors (Lipinski definition) is 4. The number of aromatic amines is 1. The Kier molecular flexibility index (Phi) is 4.10. The van der Waals surface area contributed by atoms with Crippen LogP contribution in [-0.2, 0) is 0 Å². The van der Waals surface area contributed by atoms with Crippen molar-refractivity contribution in [1.82, 2.24) is 4.98 Å². The smallest absolute Gasteiger partial charge is 0.248 e. The fourth-order valence-electron chi connectivity index (χ4n) is 2.27. The van der Waals surface area contributed by atoms with Crippen LogP contribution in [0.1, 0.15) is 10.4 Å². The molecule has 1 aromatic heterocycles. The number of ketones is 1. The second-order valence-electron chi connectivity index (χ2n) is 4.98. The fourth-order valence-corrected chi connectivity index (χ4v) is 2.27. The molecule has 1 heterocycles. The molecule has 0 saturated carbocycles. The number of carbonyl (C=O) groups excluding carboxylic acids is 1. The summed E-state index contributed by atoms with van der Waals surface area (Å²) < 4.78 is 10.7. The van der Waals surface area contributed by atoms with Gasteiger partial charge in [-0.15, -0.1) is 0 Å². The summed E-state index contributed by atoms with van der Waals surface area (Å²) in [5.41, 5.74) is 0.914. The predicted molar refractivity (Wildman–Crippen MR) is 87.4 cm³/mol. The van der Waals surface area contributed by atoms with E-state index in [4.69, 9.17) is 9.47 Å². The molecule has 5 heteroatoms. The van der Waals surface area contributed by atoms with E-state index >= 15 is 0 Å². The number of nitrogens with one attached hydrogen (secondary N) is 1. The molecule has 0 unspecified atom stereocenters. The number of methoxy groups -OCH3 is 1. The first-order chi connectivity index (χ1) is 11.2. The number of rotatable bonds is 5. The monoisotopic (exact) mass is 309 g/mol. The van der Waals surface area contributed by atoms with Crippen molar-refractivity contribution in [2.45, 2.75) is 0 Å². The zero-order chi connectivity index (χ0) is 16.2. The molecule has 0 aliphatic heterocycles. The van der Waals surface area contributed by atoms with E-state index < -0.39 is 0 Å². The molecule has 3 aromatic rings. The van der Waals surface area contributed by atoms with Crippen LogP contribution in [-0.4, -0.2) is 24.5 Å². The Morgan fingerprint density at radius 3 is 2.57 bits per heavy atom. The van der Waals surface area contributed by atoms with Crippen LogP contribution in [0.25, 0.3) is 10.9 Å². The van der Waals surface area contributed by atoms with Crippen molar-refractivity contribution in [1.29, 1.82) is 0 Å². The Hall–Kier alpha value is -3.08. The van der Waals surface area contributed by atoms with E-state index in [1.165, 1.54) is 6.07 Å². The zero-order valence-corrected chi connectivity index (χ0v) is 12.5. The Bertz CT molecular complexity index is 897. The number of carbonyl (C=O) groups is 1. The molecule has 0 bridgehead atoms. The molecular formula is C18H15NO4. The number of ether oxygens (including phenoxy) is 2. The van der Waals surface area contributed by atoms with Gasteiger partial charge in [-0.05, 0) is 36.4 Å². The second kappa shape index (κ2) is 6.36. The van der Waals surface area contributed by atoms with Crippen molar-refractivity contribution in [2.24, 2.45) is 0 Å². The zero-order valence-electron chi connectivity index (χ0n) is 12.5. The average molecular weight is 309 g/mol. The Balaban J connectivity index is 1.78. The van der Waals surface area contributed by atoms with Crippen LogP contribution in [0.3, 0.4) is 0 Å². The van der Waals surface area contributed by atoms with Crippen molar-refractivity contribution >= 4 is 16.7 Å². The lowest BCUT2D eigenvalue weighted by molar-refractivity contribution is 0.0922. The van der Waals surface area contributed by atoms with Crippen molar-refractivity contribution in [3.8, 4) is 11.5 Å². The van der Waals surface area contributed by atoms with Gasteiger partial charge in [0, 0.05) is 17.0 Å². The van der Waals surface area contributed by atoms with Crippen LogP contribution < -0.4 is 15.0 Å². The van der Waals surface area contributed by atoms with Crippen LogP contribution >= 0.6 is 0 Å². The lowest BCUT2D eigenvalue weighted by Gasteiger charge is -2.08.